The second kappa shape index (κ2) is 6.25. The highest BCUT2D eigenvalue weighted by Gasteiger charge is 2.35. The summed E-state index contributed by atoms with van der Waals surface area (Å²) in [6, 6.07) is 2.36. The molecule has 0 spiro atoms. The molecule has 2 aromatic rings. The van der Waals surface area contributed by atoms with Gasteiger partial charge in [0.1, 0.15) is 12.4 Å². The number of rotatable bonds is 3. The summed E-state index contributed by atoms with van der Waals surface area (Å²) >= 11 is 0. The second-order valence-electron chi connectivity index (χ2n) is 5.39. The Kier molecular flexibility index (Phi) is 4.31. The van der Waals surface area contributed by atoms with Gasteiger partial charge in [-0.1, -0.05) is 0 Å². The number of alkyl halides is 3. The van der Waals surface area contributed by atoms with Crippen LogP contribution in [-0.2, 0) is 24.5 Å². The standard InChI is InChI=1S/C14H16F3N5O/c1-21-9-19-20-13(21)12-8-22(5-6-23-12)7-11-10(14(15,16)17)3-2-4-18-11/h2-4,9,12H,5-8H2,1H3/t12-/m1/s1. The lowest BCUT2D eigenvalue weighted by Gasteiger charge is -2.32. The molecule has 0 amide bonds. The maximum Gasteiger partial charge on any atom is 0.418 e. The molecule has 6 nitrogen and oxygen atoms in total. The summed E-state index contributed by atoms with van der Waals surface area (Å²) in [5.74, 6) is 0.659. The Bertz CT molecular complexity index is 672. The van der Waals surface area contributed by atoms with Crippen LogP contribution >= 0.6 is 0 Å². The van der Waals surface area contributed by atoms with Crippen LogP contribution in [0.1, 0.15) is 23.2 Å². The topological polar surface area (TPSA) is 56.1 Å². The van der Waals surface area contributed by atoms with Crippen LogP contribution < -0.4 is 0 Å². The SMILES string of the molecule is Cn1cnnc1[C@H]1CN(Cc2ncccc2C(F)(F)F)CCO1. The first kappa shape index (κ1) is 15.9. The maximum absolute atomic E-state index is 13.1. The van der Waals surface area contributed by atoms with Gasteiger partial charge in [0, 0.05) is 32.9 Å². The zero-order valence-corrected chi connectivity index (χ0v) is 12.5. The van der Waals surface area contributed by atoms with Crippen molar-refractivity contribution in [3.8, 4) is 0 Å². The minimum atomic E-state index is -4.40. The number of hydrogen-bond donors (Lipinski definition) is 0. The van der Waals surface area contributed by atoms with Crippen molar-refractivity contribution in [1.82, 2.24) is 24.6 Å². The van der Waals surface area contributed by atoms with Crippen molar-refractivity contribution in [2.75, 3.05) is 19.7 Å². The van der Waals surface area contributed by atoms with Crippen molar-refractivity contribution in [1.29, 1.82) is 0 Å². The van der Waals surface area contributed by atoms with E-state index in [2.05, 4.69) is 15.2 Å². The van der Waals surface area contributed by atoms with Crippen LogP contribution in [0.3, 0.4) is 0 Å². The van der Waals surface area contributed by atoms with Crippen LogP contribution in [0.2, 0.25) is 0 Å². The molecule has 0 radical (unpaired) electrons. The Morgan fingerprint density at radius 1 is 1.39 bits per heavy atom. The van der Waals surface area contributed by atoms with E-state index in [1.54, 1.807) is 17.9 Å². The molecule has 0 unspecified atom stereocenters. The molecule has 9 heteroatoms. The molecule has 0 saturated carbocycles. The Hall–Kier alpha value is -2.00. The highest BCUT2D eigenvalue weighted by molar-refractivity contribution is 5.23. The number of aromatic nitrogens is 4. The summed E-state index contributed by atoms with van der Waals surface area (Å²) in [5, 5.41) is 7.81. The van der Waals surface area contributed by atoms with Crippen molar-refractivity contribution in [3.63, 3.8) is 0 Å². The molecule has 1 aliphatic heterocycles. The minimum absolute atomic E-state index is 0.0265. The number of aryl methyl sites for hydroxylation is 1. The summed E-state index contributed by atoms with van der Waals surface area (Å²) in [6.45, 7) is 1.53. The van der Waals surface area contributed by atoms with Gasteiger partial charge in [-0.05, 0) is 12.1 Å². The number of halogens is 3. The predicted molar refractivity (Wildman–Crippen MR) is 74.2 cm³/mol. The van der Waals surface area contributed by atoms with E-state index in [1.165, 1.54) is 12.3 Å². The van der Waals surface area contributed by atoms with E-state index in [0.29, 0.717) is 25.5 Å². The van der Waals surface area contributed by atoms with Gasteiger partial charge in [0.05, 0.1) is 17.9 Å². The third-order valence-corrected chi connectivity index (χ3v) is 3.75. The highest BCUT2D eigenvalue weighted by atomic mass is 19.4. The van der Waals surface area contributed by atoms with Crippen LogP contribution in [0.25, 0.3) is 0 Å². The number of nitrogens with zero attached hydrogens (tertiary/aromatic N) is 5. The molecule has 23 heavy (non-hydrogen) atoms. The summed E-state index contributed by atoms with van der Waals surface area (Å²) in [7, 11) is 1.80. The summed E-state index contributed by atoms with van der Waals surface area (Å²) < 4.78 is 46.6. The van der Waals surface area contributed by atoms with Crippen LogP contribution in [0.15, 0.2) is 24.7 Å². The van der Waals surface area contributed by atoms with Crippen molar-refractivity contribution < 1.29 is 17.9 Å². The first-order chi connectivity index (χ1) is 10.9. The van der Waals surface area contributed by atoms with Gasteiger partial charge in [0.15, 0.2) is 5.82 Å². The van der Waals surface area contributed by atoms with Crippen molar-refractivity contribution in [2.45, 2.75) is 18.8 Å². The molecule has 0 bridgehead atoms. The van der Waals surface area contributed by atoms with Gasteiger partial charge >= 0.3 is 6.18 Å². The number of pyridine rings is 1. The fourth-order valence-corrected chi connectivity index (χ4v) is 2.62. The lowest BCUT2D eigenvalue weighted by molar-refractivity contribution is -0.139. The van der Waals surface area contributed by atoms with E-state index < -0.39 is 11.7 Å². The van der Waals surface area contributed by atoms with Crippen molar-refractivity contribution in [3.05, 3.63) is 41.7 Å². The molecule has 0 aliphatic carbocycles. The number of ether oxygens (including phenoxy) is 1. The third-order valence-electron chi connectivity index (χ3n) is 3.75. The Morgan fingerprint density at radius 3 is 2.91 bits per heavy atom. The van der Waals surface area contributed by atoms with Gasteiger partial charge in [-0.2, -0.15) is 13.2 Å². The molecule has 2 aromatic heterocycles. The average molecular weight is 327 g/mol. The van der Waals surface area contributed by atoms with E-state index in [0.717, 1.165) is 6.07 Å². The molecule has 3 heterocycles. The lowest BCUT2D eigenvalue weighted by Crippen LogP contribution is -2.39. The summed E-state index contributed by atoms with van der Waals surface area (Å²) in [4.78, 5) is 5.80. The van der Waals surface area contributed by atoms with Gasteiger partial charge in [-0.3, -0.25) is 9.88 Å². The maximum atomic E-state index is 13.1. The van der Waals surface area contributed by atoms with Crippen LogP contribution in [0.4, 0.5) is 13.2 Å². The zero-order valence-electron chi connectivity index (χ0n) is 12.5. The molecule has 0 N–H and O–H groups in total. The summed E-state index contributed by atoms with van der Waals surface area (Å²) in [6.07, 6.45) is -1.77. The van der Waals surface area contributed by atoms with E-state index in [-0.39, 0.29) is 18.3 Å². The van der Waals surface area contributed by atoms with Gasteiger partial charge in [0.25, 0.3) is 0 Å². The lowest BCUT2D eigenvalue weighted by atomic mass is 10.1. The van der Waals surface area contributed by atoms with Crippen LogP contribution in [0, 0.1) is 0 Å². The van der Waals surface area contributed by atoms with E-state index in [9.17, 15) is 13.2 Å². The van der Waals surface area contributed by atoms with Crippen molar-refractivity contribution >= 4 is 0 Å². The molecular formula is C14H16F3N5O. The number of hydrogen-bond acceptors (Lipinski definition) is 5. The summed E-state index contributed by atoms with van der Waals surface area (Å²) in [5.41, 5.74) is -0.666. The van der Waals surface area contributed by atoms with E-state index in [4.69, 9.17) is 4.74 Å². The first-order valence-corrected chi connectivity index (χ1v) is 7.14. The van der Waals surface area contributed by atoms with Gasteiger partial charge in [-0.15, -0.1) is 10.2 Å². The largest absolute Gasteiger partial charge is 0.418 e. The molecule has 1 fully saturated rings. The molecule has 124 valence electrons. The van der Waals surface area contributed by atoms with Gasteiger partial charge in [-0.25, -0.2) is 0 Å². The molecular weight excluding hydrogens is 311 g/mol. The molecule has 1 aliphatic rings. The third kappa shape index (κ3) is 3.50. The Morgan fingerprint density at radius 2 is 2.22 bits per heavy atom. The quantitative estimate of drug-likeness (QED) is 0.860. The number of morpholine rings is 1. The monoisotopic (exact) mass is 327 g/mol. The Labute approximate surface area is 130 Å². The minimum Gasteiger partial charge on any atom is -0.368 e. The van der Waals surface area contributed by atoms with Crippen LogP contribution in [0.5, 0.6) is 0 Å². The zero-order chi connectivity index (χ0) is 16.4. The average Bonchev–Trinajstić information content (AvgIpc) is 2.93. The Balaban J connectivity index is 1.75. The smallest absolute Gasteiger partial charge is 0.368 e. The van der Waals surface area contributed by atoms with Gasteiger partial charge in [0.2, 0.25) is 0 Å². The first-order valence-electron chi connectivity index (χ1n) is 7.14. The fraction of sp³-hybridized carbons (Fsp3) is 0.500. The van der Waals surface area contributed by atoms with E-state index >= 15 is 0 Å². The molecule has 0 aromatic carbocycles. The highest BCUT2D eigenvalue weighted by Crippen LogP contribution is 2.32. The molecule has 1 saturated heterocycles. The predicted octanol–water partition coefficient (Wildman–Crippen LogP) is 1.80. The molecule has 1 atom stereocenters. The van der Waals surface area contributed by atoms with Gasteiger partial charge < -0.3 is 9.30 Å². The normalized spacial score (nSPS) is 19.9. The van der Waals surface area contributed by atoms with Crippen molar-refractivity contribution in [2.24, 2.45) is 7.05 Å². The second-order valence-corrected chi connectivity index (χ2v) is 5.39. The fourth-order valence-electron chi connectivity index (χ4n) is 2.62. The van der Waals surface area contributed by atoms with E-state index in [1.807, 2.05) is 4.90 Å². The van der Waals surface area contributed by atoms with Crippen LogP contribution in [-0.4, -0.2) is 44.3 Å². The molecule has 3 rings (SSSR count).